The van der Waals surface area contributed by atoms with Gasteiger partial charge in [-0.15, -0.1) is 0 Å². The van der Waals surface area contributed by atoms with Gasteiger partial charge in [0, 0.05) is 31.9 Å². The summed E-state index contributed by atoms with van der Waals surface area (Å²) in [5.74, 6) is -0.123. The summed E-state index contributed by atoms with van der Waals surface area (Å²) in [6, 6.07) is 13.0. The Morgan fingerprint density at radius 1 is 0.825 bits per heavy atom. The number of unbranched alkanes of at least 4 members (excludes halogenated alkanes) is 9. The quantitative estimate of drug-likeness (QED) is 0.133. The van der Waals surface area contributed by atoms with E-state index in [9.17, 15) is 17.8 Å². The fraction of sp³-hybridized carbons (Fsp3) is 0.606. The molecule has 40 heavy (non-hydrogen) atoms. The Hall–Kier alpha value is -2.38. The molecule has 0 aliphatic carbocycles. The van der Waals surface area contributed by atoms with Crippen molar-refractivity contribution in [3.05, 3.63) is 64.7 Å². The molecule has 0 atom stereocenters. The lowest BCUT2D eigenvalue weighted by Crippen LogP contribution is -2.31. The van der Waals surface area contributed by atoms with Crippen LogP contribution in [0.25, 0.3) is 0 Å². The van der Waals surface area contributed by atoms with Crippen LogP contribution >= 0.6 is 0 Å². The van der Waals surface area contributed by atoms with Crippen LogP contribution in [-0.2, 0) is 27.7 Å². The Morgan fingerprint density at radius 2 is 1.40 bits per heavy atom. The highest BCUT2D eigenvalue weighted by molar-refractivity contribution is 7.86. The third-order valence-corrected chi connectivity index (χ3v) is 9.34. The number of amides is 1. The van der Waals surface area contributed by atoms with Crippen LogP contribution in [0.2, 0.25) is 0 Å². The van der Waals surface area contributed by atoms with Gasteiger partial charge in [-0.05, 0) is 68.4 Å². The van der Waals surface area contributed by atoms with Gasteiger partial charge in [-0.2, -0.15) is 8.42 Å². The van der Waals surface area contributed by atoms with E-state index >= 15 is 0 Å². The van der Waals surface area contributed by atoms with Crippen molar-refractivity contribution >= 4 is 21.7 Å². The minimum atomic E-state index is -4.34. The first kappa shape index (κ1) is 33.8. The van der Waals surface area contributed by atoms with E-state index in [4.69, 9.17) is 0 Å². The van der Waals surface area contributed by atoms with Gasteiger partial charge < -0.3 is 10.2 Å². The predicted molar refractivity (Wildman–Crippen MR) is 168 cm³/mol. The molecule has 2 rings (SSSR count). The Bertz CT molecular complexity index is 1140. The van der Waals surface area contributed by atoms with Crippen LogP contribution in [0.3, 0.4) is 0 Å². The van der Waals surface area contributed by atoms with E-state index in [2.05, 4.69) is 17.1 Å². The third-order valence-electron chi connectivity index (χ3n) is 7.83. The van der Waals surface area contributed by atoms with Crippen molar-refractivity contribution in [3.8, 4) is 0 Å². The Labute approximate surface area is 243 Å². The molecule has 0 unspecified atom stereocenters. The van der Waals surface area contributed by atoms with Crippen molar-refractivity contribution in [1.29, 1.82) is 0 Å². The number of hydrogen-bond donors (Lipinski definition) is 2. The Kier molecular flexibility index (Phi) is 14.2. The molecule has 1 amide bonds. The van der Waals surface area contributed by atoms with Crippen molar-refractivity contribution in [2.24, 2.45) is 0 Å². The summed E-state index contributed by atoms with van der Waals surface area (Å²) in [7, 11) is -0.362. The smallest absolute Gasteiger partial charge is 0.274 e. The molecule has 0 bridgehead atoms. The number of nitrogens with one attached hydrogen (secondary N) is 1. The zero-order chi connectivity index (χ0) is 29.6. The maximum Gasteiger partial charge on any atom is 0.274 e. The fourth-order valence-electron chi connectivity index (χ4n) is 5.36. The van der Waals surface area contributed by atoms with Crippen LogP contribution in [0, 0.1) is 0 Å². The number of nitrogens with zero attached hydrogens (tertiary/aromatic N) is 1. The lowest BCUT2D eigenvalue weighted by Gasteiger charge is -2.30. The normalized spacial score (nSPS) is 11.9. The van der Waals surface area contributed by atoms with Crippen molar-refractivity contribution in [3.63, 3.8) is 0 Å². The van der Waals surface area contributed by atoms with Gasteiger partial charge in [0.25, 0.3) is 16.0 Å². The molecule has 7 heteroatoms. The maximum absolute atomic E-state index is 12.5. The zero-order valence-corrected chi connectivity index (χ0v) is 26.3. The fourth-order valence-corrected chi connectivity index (χ4v) is 5.83. The summed E-state index contributed by atoms with van der Waals surface area (Å²) in [5.41, 5.74) is 4.37. The summed E-state index contributed by atoms with van der Waals surface area (Å²) in [6.07, 6.45) is 15.0. The highest BCUT2D eigenvalue weighted by Crippen LogP contribution is 2.38. The summed E-state index contributed by atoms with van der Waals surface area (Å²) in [4.78, 5) is 14.5. The van der Waals surface area contributed by atoms with E-state index in [1.54, 1.807) is 26.0 Å². The predicted octanol–water partition coefficient (Wildman–Crippen LogP) is 7.70. The van der Waals surface area contributed by atoms with Gasteiger partial charge in [0.2, 0.25) is 0 Å². The molecule has 224 valence electrons. The molecule has 0 fully saturated rings. The highest BCUT2D eigenvalue weighted by atomic mass is 32.2. The molecule has 0 radical (unpaired) electrons. The monoisotopic (exact) mass is 572 g/mol. The molecular weight excluding hydrogens is 520 g/mol. The summed E-state index contributed by atoms with van der Waals surface area (Å²) in [5, 5.41) is 2.97. The van der Waals surface area contributed by atoms with Crippen LogP contribution in [0.1, 0.15) is 118 Å². The molecule has 2 aromatic rings. The molecule has 0 aliphatic heterocycles. The van der Waals surface area contributed by atoms with Crippen molar-refractivity contribution < 1.29 is 17.8 Å². The second-order valence-corrected chi connectivity index (χ2v) is 13.6. The van der Waals surface area contributed by atoms with Crippen molar-refractivity contribution in [1.82, 2.24) is 5.32 Å². The van der Waals surface area contributed by atoms with Gasteiger partial charge >= 0.3 is 0 Å². The third kappa shape index (κ3) is 10.2. The van der Waals surface area contributed by atoms with Crippen LogP contribution in [0.15, 0.2) is 42.5 Å². The van der Waals surface area contributed by atoms with Gasteiger partial charge in [0.15, 0.2) is 0 Å². The topological polar surface area (TPSA) is 86.7 Å². The number of rotatable bonds is 19. The molecular formula is C33H52N2O4S. The van der Waals surface area contributed by atoms with E-state index in [0.29, 0.717) is 30.5 Å². The average molecular weight is 573 g/mol. The van der Waals surface area contributed by atoms with Crippen LogP contribution in [-0.4, -0.2) is 39.5 Å². The molecule has 0 saturated carbocycles. The average Bonchev–Trinajstić information content (AvgIpc) is 2.91. The number of benzene rings is 2. The minimum Gasteiger partial charge on any atom is -0.377 e. The first-order valence-electron chi connectivity index (χ1n) is 15.1. The van der Waals surface area contributed by atoms with Crippen LogP contribution in [0.4, 0.5) is 5.69 Å². The number of carbonyl (C=O) groups is 1. The number of hydrogen-bond acceptors (Lipinski definition) is 4. The number of carbonyl (C=O) groups excluding carboxylic acids is 1. The van der Waals surface area contributed by atoms with E-state index in [1.807, 2.05) is 44.4 Å². The Morgan fingerprint density at radius 3 is 1.95 bits per heavy atom. The highest BCUT2D eigenvalue weighted by Gasteiger charge is 2.37. The molecule has 0 saturated heterocycles. The van der Waals surface area contributed by atoms with E-state index in [0.717, 1.165) is 24.1 Å². The van der Waals surface area contributed by atoms with Crippen molar-refractivity contribution in [2.45, 2.75) is 109 Å². The molecule has 2 aromatic carbocycles. The van der Waals surface area contributed by atoms with Crippen LogP contribution < -0.4 is 10.2 Å². The number of anilines is 1. The van der Waals surface area contributed by atoms with Gasteiger partial charge in [-0.1, -0.05) is 95.0 Å². The molecule has 0 aliphatic rings. The Balaban J connectivity index is 2.12. The van der Waals surface area contributed by atoms with Crippen molar-refractivity contribution in [2.75, 3.05) is 25.5 Å². The van der Waals surface area contributed by atoms with Gasteiger partial charge in [0.05, 0.1) is 0 Å². The molecule has 6 nitrogen and oxygen atoms in total. The summed E-state index contributed by atoms with van der Waals surface area (Å²) >= 11 is 0. The zero-order valence-electron chi connectivity index (χ0n) is 25.5. The van der Waals surface area contributed by atoms with E-state index < -0.39 is 14.9 Å². The first-order valence-corrected chi connectivity index (χ1v) is 16.6. The lowest BCUT2D eigenvalue weighted by molar-refractivity contribution is 0.0953. The number of aryl methyl sites for hydroxylation is 1. The molecule has 0 aromatic heterocycles. The van der Waals surface area contributed by atoms with Gasteiger partial charge in [-0.3, -0.25) is 9.35 Å². The molecule has 0 spiro atoms. The SMILES string of the molecule is CCCCCCCCCCCCc1ccc(C(C)(C)S(=O)(=O)O)c(CCCNC(=O)c2ccccc2)c1N(C)C. The lowest BCUT2D eigenvalue weighted by atomic mass is 9.88. The minimum absolute atomic E-state index is 0.123. The summed E-state index contributed by atoms with van der Waals surface area (Å²) < 4.78 is 33.5. The molecule has 0 heterocycles. The van der Waals surface area contributed by atoms with Gasteiger partial charge in [0.1, 0.15) is 4.75 Å². The van der Waals surface area contributed by atoms with E-state index in [-0.39, 0.29) is 5.91 Å². The van der Waals surface area contributed by atoms with Gasteiger partial charge in [-0.25, -0.2) is 0 Å². The standard InChI is InChI=1S/C33H52N2O4S/c1-6-7-8-9-10-11-12-13-14-16-20-27-24-25-30(33(2,3)40(37,38)39)29(31(27)35(4)5)23-19-26-34-32(36)28-21-17-15-18-22-28/h15,17-18,21-22,24-25H,6-14,16,19-20,23,26H2,1-5H3,(H,34,36)(H,37,38,39). The maximum atomic E-state index is 12.5. The largest absolute Gasteiger partial charge is 0.377 e. The molecule has 2 N–H and O–H groups in total. The second-order valence-electron chi connectivity index (χ2n) is 11.6. The second kappa shape index (κ2) is 16.8. The first-order chi connectivity index (χ1) is 19.0. The summed E-state index contributed by atoms with van der Waals surface area (Å²) in [6.45, 7) is 5.83. The van der Waals surface area contributed by atoms with Crippen LogP contribution in [0.5, 0.6) is 0 Å². The van der Waals surface area contributed by atoms with E-state index in [1.165, 1.54) is 63.4 Å².